The summed E-state index contributed by atoms with van der Waals surface area (Å²) in [5, 5.41) is 10.8. The molecule has 4 heteroatoms. The Hall–Kier alpha value is -1.10. The highest BCUT2D eigenvalue weighted by Crippen LogP contribution is 2.38. The van der Waals surface area contributed by atoms with Crippen LogP contribution in [-0.4, -0.2) is 37.1 Å². The van der Waals surface area contributed by atoms with Crippen molar-refractivity contribution in [3.8, 4) is 5.75 Å². The van der Waals surface area contributed by atoms with Gasteiger partial charge >= 0.3 is 0 Å². The lowest BCUT2D eigenvalue weighted by atomic mass is 9.84. The zero-order chi connectivity index (χ0) is 14.4. The first-order valence-electron chi connectivity index (χ1n) is 7.34. The molecule has 0 aromatic heterocycles. The second kappa shape index (κ2) is 7.07. The van der Waals surface area contributed by atoms with E-state index in [1.807, 2.05) is 38.1 Å². The first-order valence-corrected chi connectivity index (χ1v) is 7.34. The van der Waals surface area contributed by atoms with Crippen molar-refractivity contribution in [3.05, 3.63) is 29.8 Å². The molecular formula is C16H24O4. The van der Waals surface area contributed by atoms with Crippen LogP contribution in [0.4, 0.5) is 0 Å². The van der Waals surface area contributed by atoms with Crippen molar-refractivity contribution in [2.24, 2.45) is 0 Å². The quantitative estimate of drug-likeness (QED) is 0.870. The van der Waals surface area contributed by atoms with Crippen molar-refractivity contribution in [1.29, 1.82) is 0 Å². The molecule has 0 bridgehead atoms. The van der Waals surface area contributed by atoms with Gasteiger partial charge in [0.05, 0.1) is 6.61 Å². The van der Waals surface area contributed by atoms with Crippen molar-refractivity contribution >= 4 is 0 Å². The van der Waals surface area contributed by atoms with E-state index in [-0.39, 0.29) is 0 Å². The van der Waals surface area contributed by atoms with Crippen LogP contribution in [0.5, 0.6) is 5.75 Å². The van der Waals surface area contributed by atoms with Gasteiger partial charge in [0, 0.05) is 32.7 Å². The number of aliphatic hydroxyl groups excluding tert-OH is 1. The minimum Gasteiger partial charge on any atom is -0.494 e. The van der Waals surface area contributed by atoms with Crippen molar-refractivity contribution in [2.45, 2.75) is 38.4 Å². The van der Waals surface area contributed by atoms with Gasteiger partial charge in [-0.2, -0.15) is 0 Å². The van der Waals surface area contributed by atoms with Crippen LogP contribution in [0.1, 0.15) is 38.4 Å². The maximum Gasteiger partial charge on any atom is 0.119 e. The van der Waals surface area contributed by atoms with Gasteiger partial charge in [0.1, 0.15) is 17.5 Å². The molecule has 0 saturated carbocycles. The molecule has 1 fully saturated rings. The van der Waals surface area contributed by atoms with E-state index in [9.17, 15) is 5.11 Å². The summed E-state index contributed by atoms with van der Waals surface area (Å²) in [7, 11) is 0. The third kappa shape index (κ3) is 3.32. The molecule has 1 unspecified atom stereocenters. The largest absolute Gasteiger partial charge is 0.494 e. The molecule has 4 nitrogen and oxygen atoms in total. The highest BCUT2D eigenvalue weighted by molar-refractivity contribution is 5.31. The maximum atomic E-state index is 10.8. The highest BCUT2D eigenvalue weighted by Gasteiger charge is 2.41. The van der Waals surface area contributed by atoms with E-state index in [0.717, 1.165) is 11.3 Å². The summed E-state index contributed by atoms with van der Waals surface area (Å²) in [6.45, 7) is 6.36. The average molecular weight is 280 g/mol. The zero-order valence-electron chi connectivity index (χ0n) is 12.3. The molecule has 20 heavy (non-hydrogen) atoms. The summed E-state index contributed by atoms with van der Waals surface area (Å²) in [5.41, 5.74) is 0.295. The van der Waals surface area contributed by atoms with Crippen molar-refractivity contribution in [3.63, 3.8) is 0 Å². The Bertz CT molecular complexity index is 407. The second-order valence-corrected chi connectivity index (χ2v) is 5.02. The fourth-order valence-corrected chi connectivity index (χ4v) is 2.75. The topological polar surface area (TPSA) is 47.9 Å². The molecule has 1 aromatic carbocycles. The van der Waals surface area contributed by atoms with Gasteiger partial charge in [0.15, 0.2) is 0 Å². The third-order valence-corrected chi connectivity index (χ3v) is 3.75. The molecule has 1 saturated heterocycles. The lowest BCUT2D eigenvalue weighted by Gasteiger charge is -2.40. The molecule has 1 atom stereocenters. The minimum atomic E-state index is -0.660. The Kier molecular flexibility index (Phi) is 5.40. The molecule has 1 aliphatic rings. The van der Waals surface area contributed by atoms with E-state index in [2.05, 4.69) is 0 Å². The maximum absolute atomic E-state index is 10.8. The fourth-order valence-electron chi connectivity index (χ4n) is 2.75. The Balaban J connectivity index is 2.22. The lowest BCUT2D eigenvalue weighted by molar-refractivity contribution is -0.168. The van der Waals surface area contributed by atoms with Crippen LogP contribution in [0.2, 0.25) is 0 Å². The first kappa shape index (κ1) is 15.3. The molecule has 2 rings (SSSR count). The molecule has 1 aliphatic heterocycles. The summed E-state index contributed by atoms with van der Waals surface area (Å²) in [4.78, 5) is 0. The predicted molar refractivity (Wildman–Crippen MR) is 77.0 cm³/mol. The van der Waals surface area contributed by atoms with Gasteiger partial charge in [0.2, 0.25) is 0 Å². The van der Waals surface area contributed by atoms with Crippen molar-refractivity contribution in [1.82, 2.24) is 0 Å². The number of hydrogen-bond donors (Lipinski definition) is 1. The summed E-state index contributed by atoms with van der Waals surface area (Å²) in [6.07, 6.45) is 0.758. The molecule has 1 aromatic rings. The zero-order valence-corrected chi connectivity index (χ0v) is 12.3. The van der Waals surface area contributed by atoms with E-state index in [1.54, 1.807) is 0 Å². The minimum absolute atomic E-state index is 0.544. The smallest absolute Gasteiger partial charge is 0.119 e. The standard InChI is InChI=1S/C16H24O4/c1-3-19-14-7-5-6-13(12-14)15(17)16(20-4-2)8-10-18-11-9-16/h5-7,12,15,17H,3-4,8-11H2,1-2H3. The Morgan fingerprint density at radius 2 is 2.00 bits per heavy atom. The Morgan fingerprint density at radius 3 is 2.65 bits per heavy atom. The fraction of sp³-hybridized carbons (Fsp3) is 0.625. The number of benzene rings is 1. The third-order valence-electron chi connectivity index (χ3n) is 3.75. The van der Waals surface area contributed by atoms with E-state index in [4.69, 9.17) is 14.2 Å². The summed E-state index contributed by atoms with van der Waals surface area (Å²) < 4.78 is 16.8. The van der Waals surface area contributed by atoms with Crippen LogP contribution < -0.4 is 4.74 Å². The monoisotopic (exact) mass is 280 g/mol. The SMILES string of the molecule is CCOc1cccc(C(O)C2(OCC)CCOCC2)c1. The number of hydrogen-bond acceptors (Lipinski definition) is 4. The van der Waals surface area contributed by atoms with Crippen LogP contribution >= 0.6 is 0 Å². The van der Waals surface area contributed by atoms with Crippen LogP contribution in [-0.2, 0) is 9.47 Å². The highest BCUT2D eigenvalue weighted by atomic mass is 16.5. The second-order valence-electron chi connectivity index (χ2n) is 5.02. The van der Waals surface area contributed by atoms with Crippen LogP contribution in [0.3, 0.4) is 0 Å². The van der Waals surface area contributed by atoms with E-state index in [1.165, 1.54) is 0 Å². The predicted octanol–water partition coefficient (Wildman–Crippen LogP) is 2.70. The van der Waals surface area contributed by atoms with Crippen LogP contribution in [0.15, 0.2) is 24.3 Å². The molecule has 0 spiro atoms. The number of aliphatic hydroxyl groups is 1. The summed E-state index contributed by atoms with van der Waals surface area (Å²) >= 11 is 0. The molecule has 1 heterocycles. The van der Waals surface area contributed by atoms with Crippen molar-refractivity contribution < 1.29 is 19.3 Å². The molecule has 1 N–H and O–H groups in total. The molecule has 0 aliphatic carbocycles. The van der Waals surface area contributed by atoms with Gasteiger partial charge in [-0.05, 0) is 31.5 Å². The van der Waals surface area contributed by atoms with Gasteiger partial charge < -0.3 is 19.3 Å². The molecule has 112 valence electrons. The van der Waals surface area contributed by atoms with Gasteiger partial charge in [-0.15, -0.1) is 0 Å². The van der Waals surface area contributed by atoms with Gasteiger partial charge in [0.25, 0.3) is 0 Å². The van der Waals surface area contributed by atoms with Gasteiger partial charge in [-0.1, -0.05) is 12.1 Å². The Labute approximate surface area is 120 Å². The van der Waals surface area contributed by atoms with Gasteiger partial charge in [-0.25, -0.2) is 0 Å². The first-order chi connectivity index (χ1) is 9.72. The normalized spacial score (nSPS) is 19.6. The van der Waals surface area contributed by atoms with Crippen LogP contribution in [0, 0.1) is 0 Å². The average Bonchev–Trinajstić information content (AvgIpc) is 2.48. The molecule has 0 radical (unpaired) electrons. The van der Waals surface area contributed by atoms with Crippen molar-refractivity contribution in [2.75, 3.05) is 26.4 Å². The van der Waals surface area contributed by atoms with E-state index < -0.39 is 11.7 Å². The Morgan fingerprint density at radius 1 is 1.25 bits per heavy atom. The lowest BCUT2D eigenvalue weighted by Crippen LogP contribution is -2.44. The number of ether oxygens (including phenoxy) is 3. The van der Waals surface area contributed by atoms with Gasteiger partial charge in [-0.3, -0.25) is 0 Å². The molecule has 0 amide bonds. The van der Waals surface area contributed by atoms with Crippen LogP contribution in [0.25, 0.3) is 0 Å². The summed E-state index contributed by atoms with van der Waals surface area (Å²) in [6, 6.07) is 7.62. The van der Waals surface area contributed by atoms with E-state index >= 15 is 0 Å². The number of rotatable bonds is 6. The molecular weight excluding hydrogens is 256 g/mol. The van der Waals surface area contributed by atoms with E-state index in [0.29, 0.717) is 39.3 Å². The summed E-state index contributed by atoms with van der Waals surface area (Å²) in [5.74, 6) is 0.780.